The van der Waals surface area contributed by atoms with Crippen LogP contribution in [0.1, 0.15) is 37.7 Å². The normalized spacial score (nSPS) is 21.1. The van der Waals surface area contributed by atoms with E-state index >= 15 is 0 Å². The van der Waals surface area contributed by atoms with Gasteiger partial charge in [0.25, 0.3) is 0 Å². The number of aromatic amines is 1. The van der Waals surface area contributed by atoms with Crippen molar-refractivity contribution in [1.29, 1.82) is 0 Å². The quantitative estimate of drug-likeness (QED) is 0.800. The number of H-pyrrole nitrogens is 1. The number of carbonyl (C=O) groups is 1. The third kappa shape index (κ3) is 4.86. The summed E-state index contributed by atoms with van der Waals surface area (Å²) < 4.78 is 11.8. The predicted octanol–water partition coefficient (Wildman–Crippen LogP) is 3.47. The predicted molar refractivity (Wildman–Crippen MR) is 110 cm³/mol. The summed E-state index contributed by atoms with van der Waals surface area (Å²) in [5.74, 6) is 0. The number of rotatable bonds is 6. The minimum absolute atomic E-state index is 0.0360. The molecule has 1 aromatic carbocycles. The molecule has 0 spiro atoms. The van der Waals surface area contributed by atoms with E-state index in [0.717, 1.165) is 50.9 Å². The van der Waals surface area contributed by atoms with E-state index in [1.807, 2.05) is 23.2 Å². The second-order valence-electron chi connectivity index (χ2n) is 7.85. The van der Waals surface area contributed by atoms with Gasteiger partial charge in [-0.15, -0.1) is 0 Å². The topological polar surface area (TPSA) is 66.6 Å². The van der Waals surface area contributed by atoms with Gasteiger partial charge in [0.15, 0.2) is 0 Å². The number of fused-ring (bicyclic) bond motifs is 1. The number of likely N-dealkylation sites (tertiary alicyclic amines) is 1. The molecule has 1 atom stereocenters. The Morgan fingerprint density at radius 3 is 2.89 bits per heavy atom. The van der Waals surface area contributed by atoms with Crippen molar-refractivity contribution in [2.24, 2.45) is 0 Å². The zero-order valence-corrected chi connectivity index (χ0v) is 16.5. The zero-order chi connectivity index (χ0) is 19.2. The van der Waals surface area contributed by atoms with Gasteiger partial charge in [-0.2, -0.15) is 0 Å². The second-order valence-corrected chi connectivity index (χ2v) is 7.85. The molecule has 6 nitrogen and oxygen atoms in total. The van der Waals surface area contributed by atoms with E-state index in [4.69, 9.17) is 9.47 Å². The first-order chi connectivity index (χ1) is 13.8. The van der Waals surface area contributed by atoms with E-state index in [2.05, 4.69) is 22.4 Å². The smallest absolute Gasteiger partial charge is 0.317 e. The van der Waals surface area contributed by atoms with E-state index in [9.17, 15) is 4.79 Å². The van der Waals surface area contributed by atoms with Gasteiger partial charge in [-0.05, 0) is 50.2 Å². The molecule has 2 aliphatic heterocycles. The molecule has 6 heteroatoms. The van der Waals surface area contributed by atoms with Gasteiger partial charge in [-0.1, -0.05) is 18.2 Å². The van der Waals surface area contributed by atoms with Crippen LogP contribution in [0.15, 0.2) is 30.5 Å². The number of carbonyl (C=O) groups excluding carboxylic acids is 1. The van der Waals surface area contributed by atoms with Crippen molar-refractivity contribution < 1.29 is 14.3 Å². The highest BCUT2D eigenvalue weighted by Crippen LogP contribution is 2.19. The number of aromatic nitrogens is 1. The molecule has 0 aliphatic carbocycles. The molecule has 2 aromatic rings. The fourth-order valence-corrected chi connectivity index (χ4v) is 4.16. The fraction of sp³-hybridized carbons (Fsp3) is 0.591. The molecule has 2 aliphatic rings. The van der Waals surface area contributed by atoms with Gasteiger partial charge < -0.3 is 24.7 Å². The molecule has 3 heterocycles. The maximum absolute atomic E-state index is 12.4. The van der Waals surface area contributed by atoms with Crippen LogP contribution in [0.25, 0.3) is 10.9 Å². The molecule has 0 saturated carbocycles. The van der Waals surface area contributed by atoms with E-state index < -0.39 is 0 Å². The van der Waals surface area contributed by atoms with Crippen LogP contribution in [0.3, 0.4) is 0 Å². The Labute approximate surface area is 166 Å². The number of nitrogens with zero attached hydrogens (tertiary/aromatic N) is 1. The number of para-hydroxylation sites is 1. The molecule has 2 N–H and O–H groups in total. The molecule has 2 fully saturated rings. The number of urea groups is 1. The third-order valence-electron chi connectivity index (χ3n) is 5.87. The summed E-state index contributed by atoms with van der Waals surface area (Å²) in [7, 11) is 0. The number of ether oxygens (including phenoxy) is 2. The number of benzene rings is 1. The van der Waals surface area contributed by atoms with Gasteiger partial charge >= 0.3 is 6.03 Å². The number of amides is 2. The fourth-order valence-electron chi connectivity index (χ4n) is 4.16. The van der Waals surface area contributed by atoms with Gasteiger partial charge in [-0.3, -0.25) is 0 Å². The SMILES string of the molecule is O=C(NCCc1c[nH]c2ccccc12)N1CCC(OCC2CCCCO2)CC1. The van der Waals surface area contributed by atoms with Crippen molar-refractivity contribution in [1.82, 2.24) is 15.2 Å². The van der Waals surface area contributed by atoms with Crippen LogP contribution in [0, 0.1) is 0 Å². The summed E-state index contributed by atoms with van der Waals surface area (Å²) in [6.45, 7) is 3.73. The number of piperidine rings is 1. The Kier molecular flexibility index (Phi) is 6.49. The molecular weight excluding hydrogens is 354 g/mol. The molecule has 4 rings (SSSR count). The van der Waals surface area contributed by atoms with Crippen LogP contribution in [0.5, 0.6) is 0 Å². The van der Waals surface area contributed by atoms with Crippen LogP contribution in [0.2, 0.25) is 0 Å². The molecule has 2 amide bonds. The lowest BCUT2D eigenvalue weighted by molar-refractivity contribution is -0.0728. The Hall–Kier alpha value is -2.05. The van der Waals surface area contributed by atoms with Gasteiger partial charge in [-0.25, -0.2) is 4.79 Å². The number of nitrogens with one attached hydrogen (secondary N) is 2. The molecule has 0 radical (unpaired) electrons. The molecule has 1 aromatic heterocycles. The van der Waals surface area contributed by atoms with Crippen molar-refractivity contribution in [3.05, 3.63) is 36.0 Å². The van der Waals surface area contributed by atoms with Crippen LogP contribution in [-0.2, 0) is 15.9 Å². The Morgan fingerprint density at radius 1 is 1.21 bits per heavy atom. The molecule has 28 heavy (non-hydrogen) atoms. The van der Waals surface area contributed by atoms with Gasteiger partial charge in [0.2, 0.25) is 0 Å². The molecule has 1 unspecified atom stereocenters. The Balaban J connectivity index is 1.15. The molecule has 0 bridgehead atoms. The third-order valence-corrected chi connectivity index (χ3v) is 5.87. The standard InChI is InChI=1S/C22H31N3O3/c26-22(23-11-8-17-15-24-21-7-2-1-6-20(17)21)25-12-9-18(10-13-25)28-16-19-5-3-4-14-27-19/h1-2,6-7,15,18-19,24H,3-5,8-14,16H2,(H,23,26). The summed E-state index contributed by atoms with van der Waals surface area (Å²) in [4.78, 5) is 17.6. The number of hydrogen-bond acceptors (Lipinski definition) is 3. The van der Waals surface area contributed by atoms with Gasteiger partial charge in [0, 0.05) is 43.3 Å². The average molecular weight is 386 g/mol. The zero-order valence-electron chi connectivity index (χ0n) is 16.5. The lowest BCUT2D eigenvalue weighted by Gasteiger charge is -2.33. The minimum atomic E-state index is 0.0360. The van der Waals surface area contributed by atoms with Crippen molar-refractivity contribution in [2.45, 2.75) is 50.7 Å². The van der Waals surface area contributed by atoms with Crippen molar-refractivity contribution >= 4 is 16.9 Å². The molecular formula is C22H31N3O3. The lowest BCUT2D eigenvalue weighted by Crippen LogP contribution is -2.46. The first kappa shape index (κ1) is 19.3. The Morgan fingerprint density at radius 2 is 2.07 bits per heavy atom. The maximum Gasteiger partial charge on any atom is 0.317 e. The van der Waals surface area contributed by atoms with Crippen LogP contribution in [0.4, 0.5) is 4.79 Å². The summed E-state index contributed by atoms with van der Waals surface area (Å²) in [6, 6.07) is 8.30. The van der Waals surface area contributed by atoms with E-state index in [1.165, 1.54) is 23.8 Å². The number of hydrogen-bond donors (Lipinski definition) is 2. The van der Waals surface area contributed by atoms with Crippen molar-refractivity contribution in [3.8, 4) is 0 Å². The van der Waals surface area contributed by atoms with Gasteiger partial charge in [0.1, 0.15) is 0 Å². The average Bonchev–Trinajstić information content (AvgIpc) is 3.16. The maximum atomic E-state index is 12.4. The van der Waals surface area contributed by atoms with Crippen LogP contribution >= 0.6 is 0 Å². The molecule has 2 saturated heterocycles. The van der Waals surface area contributed by atoms with Crippen LogP contribution < -0.4 is 5.32 Å². The van der Waals surface area contributed by atoms with Gasteiger partial charge in [0.05, 0.1) is 18.8 Å². The highest BCUT2D eigenvalue weighted by molar-refractivity contribution is 5.83. The highest BCUT2D eigenvalue weighted by Gasteiger charge is 2.24. The van der Waals surface area contributed by atoms with E-state index in [1.54, 1.807) is 0 Å². The summed E-state index contributed by atoms with van der Waals surface area (Å²) in [6.07, 6.45) is 8.71. The van der Waals surface area contributed by atoms with Crippen LogP contribution in [-0.4, -0.2) is 61.0 Å². The highest BCUT2D eigenvalue weighted by atomic mass is 16.5. The first-order valence-electron chi connectivity index (χ1n) is 10.6. The monoisotopic (exact) mass is 385 g/mol. The lowest BCUT2D eigenvalue weighted by atomic mass is 10.1. The molecule has 152 valence electrons. The van der Waals surface area contributed by atoms with Crippen molar-refractivity contribution in [2.75, 3.05) is 32.8 Å². The largest absolute Gasteiger partial charge is 0.376 e. The summed E-state index contributed by atoms with van der Waals surface area (Å²) >= 11 is 0. The Bertz CT molecular complexity index is 761. The summed E-state index contributed by atoms with van der Waals surface area (Å²) in [5, 5.41) is 4.30. The van der Waals surface area contributed by atoms with Crippen molar-refractivity contribution in [3.63, 3.8) is 0 Å². The second kappa shape index (κ2) is 9.43. The summed E-state index contributed by atoms with van der Waals surface area (Å²) in [5.41, 5.74) is 2.39. The van der Waals surface area contributed by atoms with E-state index in [0.29, 0.717) is 13.2 Å². The van der Waals surface area contributed by atoms with E-state index in [-0.39, 0.29) is 18.2 Å². The minimum Gasteiger partial charge on any atom is -0.376 e. The first-order valence-corrected chi connectivity index (χ1v) is 10.6.